The lowest BCUT2D eigenvalue weighted by molar-refractivity contribution is -0.144. The van der Waals surface area contributed by atoms with Crippen LogP contribution >= 0.6 is 0 Å². The molecule has 1 aliphatic rings. The Bertz CT molecular complexity index is 1720. The van der Waals surface area contributed by atoms with Gasteiger partial charge in [0.15, 0.2) is 0 Å². The second-order valence-electron chi connectivity index (χ2n) is 15.5. The summed E-state index contributed by atoms with van der Waals surface area (Å²) in [5.41, 5.74) is 14.2. The highest BCUT2D eigenvalue weighted by Gasteiger charge is 2.41. The van der Waals surface area contributed by atoms with E-state index in [9.17, 15) is 67.7 Å². The van der Waals surface area contributed by atoms with Gasteiger partial charge >= 0.3 is 17.9 Å². The molecule has 0 bridgehead atoms. The number of nitrogens with two attached hydrogens (primary N) is 3. The average Bonchev–Trinajstić information content (AvgIpc) is 3.63. The van der Waals surface area contributed by atoms with Crippen molar-refractivity contribution in [2.45, 2.75) is 134 Å². The number of amides is 9. The maximum Gasteiger partial charge on any atom is 0.326 e. The smallest absolute Gasteiger partial charge is 0.326 e. The lowest BCUT2D eigenvalue weighted by atomic mass is 9.95. The summed E-state index contributed by atoms with van der Waals surface area (Å²) in [5, 5.41) is 41.7. The molecule has 342 valence electrons. The SMILES string of the molecule is CC[C@H](C)[C@H](NC(=O)C(C)(C)NC(=O)[C@H](CC(=O)O)NC(=O)[C@H](CC(N)=O)NC(=O)[C@@H](NC(=O)[C@@H]1CCCN1C(=O)[C@@H](N)CC(=O)O)C(C)C)C(=O)N[C@@H](CC(N)=O)C(=O)O. The third-order valence-electron chi connectivity index (χ3n) is 9.65. The largest absolute Gasteiger partial charge is 0.481 e. The average molecular weight is 871 g/mol. The zero-order valence-corrected chi connectivity index (χ0v) is 34.8. The molecule has 0 spiro atoms. The first-order valence-corrected chi connectivity index (χ1v) is 19.3. The number of carboxylic acid groups (broad SMARTS) is 3. The van der Waals surface area contributed by atoms with Crippen LogP contribution in [0.5, 0.6) is 0 Å². The van der Waals surface area contributed by atoms with E-state index in [1.165, 1.54) is 27.7 Å². The molecule has 0 aromatic rings. The van der Waals surface area contributed by atoms with Crippen molar-refractivity contribution in [3.05, 3.63) is 0 Å². The fourth-order valence-electron chi connectivity index (χ4n) is 6.04. The predicted octanol–water partition coefficient (Wildman–Crippen LogP) is -4.89. The highest BCUT2D eigenvalue weighted by molar-refractivity contribution is 6.00. The Morgan fingerprint density at radius 2 is 1.16 bits per heavy atom. The molecule has 9 amide bonds. The quantitative estimate of drug-likeness (QED) is 0.0409. The number of aliphatic carboxylic acids is 3. The fourth-order valence-corrected chi connectivity index (χ4v) is 6.04. The van der Waals surface area contributed by atoms with Gasteiger partial charge in [0, 0.05) is 6.54 Å². The number of carbonyl (C=O) groups excluding carboxylic acids is 9. The fraction of sp³-hybridized carbons (Fsp3) is 0.667. The monoisotopic (exact) mass is 870 g/mol. The van der Waals surface area contributed by atoms with E-state index in [0.29, 0.717) is 6.42 Å². The van der Waals surface area contributed by atoms with Crippen molar-refractivity contribution >= 4 is 71.1 Å². The Labute approximate surface area is 350 Å². The van der Waals surface area contributed by atoms with E-state index in [2.05, 4.69) is 31.9 Å². The van der Waals surface area contributed by atoms with Crippen LogP contribution in [0.15, 0.2) is 0 Å². The maximum atomic E-state index is 13.6. The van der Waals surface area contributed by atoms with Crippen LogP contribution < -0.4 is 49.1 Å². The Morgan fingerprint density at radius 3 is 1.66 bits per heavy atom. The van der Waals surface area contributed by atoms with Gasteiger partial charge in [0.2, 0.25) is 53.2 Å². The Kier molecular flexibility index (Phi) is 20.2. The van der Waals surface area contributed by atoms with Crippen molar-refractivity contribution in [3.8, 4) is 0 Å². The molecule has 1 rings (SSSR count). The van der Waals surface area contributed by atoms with E-state index in [1.807, 2.05) is 0 Å². The zero-order chi connectivity index (χ0) is 47.1. The molecule has 0 aromatic heterocycles. The Hall–Kier alpha value is -6.40. The molecule has 1 saturated heterocycles. The van der Waals surface area contributed by atoms with Gasteiger partial charge in [-0.2, -0.15) is 0 Å². The van der Waals surface area contributed by atoms with Gasteiger partial charge in [0.05, 0.1) is 31.7 Å². The summed E-state index contributed by atoms with van der Waals surface area (Å²) >= 11 is 0. The second-order valence-corrected chi connectivity index (χ2v) is 15.5. The van der Waals surface area contributed by atoms with E-state index in [4.69, 9.17) is 22.3 Å². The molecule has 0 saturated carbocycles. The number of nitrogens with one attached hydrogen (secondary N) is 6. The molecule has 1 aliphatic heterocycles. The third-order valence-corrected chi connectivity index (χ3v) is 9.65. The number of carboxylic acids is 3. The van der Waals surface area contributed by atoms with Crippen LogP contribution in [0.25, 0.3) is 0 Å². The van der Waals surface area contributed by atoms with Gasteiger partial charge in [-0.1, -0.05) is 34.1 Å². The van der Waals surface area contributed by atoms with Crippen molar-refractivity contribution in [3.63, 3.8) is 0 Å². The summed E-state index contributed by atoms with van der Waals surface area (Å²) in [6, 6.07) is -10.9. The van der Waals surface area contributed by atoms with Crippen LogP contribution in [-0.4, -0.2) is 146 Å². The van der Waals surface area contributed by atoms with E-state index < -0.39 is 156 Å². The summed E-state index contributed by atoms with van der Waals surface area (Å²) in [6.07, 6.45) is -2.61. The van der Waals surface area contributed by atoms with Crippen LogP contribution in [-0.2, 0) is 57.5 Å². The minimum atomic E-state index is -1.96. The van der Waals surface area contributed by atoms with Crippen LogP contribution in [0.4, 0.5) is 0 Å². The van der Waals surface area contributed by atoms with Crippen LogP contribution in [0.3, 0.4) is 0 Å². The molecule has 8 atom stereocenters. The summed E-state index contributed by atoms with van der Waals surface area (Å²) in [6.45, 7) is 8.67. The van der Waals surface area contributed by atoms with Gasteiger partial charge in [-0.15, -0.1) is 0 Å². The molecule has 1 fully saturated rings. The number of carbonyl (C=O) groups is 12. The normalized spacial score (nSPS) is 17.2. The lowest BCUT2D eigenvalue weighted by Gasteiger charge is -2.32. The predicted molar refractivity (Wildman–Crippen MR) is 209 cm³/mol. The molecule has 0 aromatic carbocycles. The van der Waals surface area contributed by atoms with E-state index in [1.54, 1.807) is 13.8 Å². The second kappa shape index (κ2) is 23.4. The highest BCUT2D eigenvalue weighted by Crippen LogP contribution is 2.20. The number of rotatable bonds is 25. The van der Waals surface area contributed by atoms with Crippen molar-refractivity contribution in [2.75, 3.05) is 6.54 Å². The highest BCUT2D eigenvalue weighted by atomic mass is 16.4. The number of primary amides is 2. The molecule has 1 heterocycles. The van der Waals surface area contributed by atoms with Gasteiger partial charge in [-0.3, -0.25) is 52.7 Å². The molecule has 61 heavy (non-hydrogen) atoms. The van der Waals surface area contributed by atoms with E-state index >= 15 is 0 Å². The number of hydrogen-bond acceptors (Lipinski definition) is 13. The summed E-state index contributed by atoms with van der Waals surface area (Å²) in [5.74, 6) is -15.1. The minimum Gasteiger partial charge on any atom is -0.481 e. The first-order chi connectivity index (χ1) is 28.1. The minimum absolute atomic E-state index is 0.0843. The topological polar surface area (TPSA) is 419 Å². The van der Waals surface area contributed by atoms with E-state index in [-0.39, 0.29) is 19.4 Å². The maximum absolute atomic E-state index is 13.6. The first kappa shape index (κ1) is 52.6. The lowest BCUT2D eigenvalue weighted by Crippen LogP contribution is -2.64. The molecule has 25 heteroatoms. The number of hydrogen-bond donors (Lipinski definition) is 12. The van der Waals surface area contributed by atoms with Crippen molar-refractivity contribution < 1.29 is 72.9 Å². The molecule has 0 radical (unpaired) electrons. The first-order valence-electron chi connectivity index (χ1n) is 19.3. The summed E-state index contributed by atoms with van der Waals surface area (Å²) < 4.78 is 0. The van der Waals surface area contributed by atoms with Gasteiger partial charge in [-0.05, 0) is 38.5 Å². The van der Waals surface area contributed by atoms with Gasteiger partial charge in [0.1, 0.15) is 41.8 Å². The van der Waals surface area contributed by atoms with Crippen LogP contribution in [0, 0.1) is 11.8 Å². The molecule has 0 aliphatic carbocycles. The van der Waals surface area contributed by atoms with Crippen molar-refractivity contribution in [1.29, 1.82) is 0 Å². The Morgan fingerprint density at radius 1 is 0.672 bits per heavy atom. The Balaban J connectivity index is 3.26. The summed E-state index contributed by atoms with van der Waals surface area (Å²) in [7, 11) is 0. The van der Waals surface area contributed by atoms with E-state index in [0.717, 1.165) is 4.90 Å². The molecular weight excluding hydrogens is 812 g/mol. The molecule has 25 nitrogen and oxygen atoms in total. The third kappa shape index (κ3) is 16.6. The summed E-state index contributed by atoms with van der Waals surface area (Å²) in [4.78, 5) is 152. The number of likely N-dealkylation sites (tertiary alicyclic amines) is 1. The molecule has 15 N–H and O–H groups in total. The van der Waals surface area contributed by atoms with Gasteiger partial charge < -0.3 is 69.3 Å². The van der Waals surface area contributed by atoms with Crippen LogP contribution in [0.2, 0.25) is 0 Å². The zero-order valence-electron chi connectivity index (χ0n) is 34.8. The van der Waals surface area contributed by atoms with Crippen molar-refractivity contribution in [2.24, 2.45) is 29.0 Å². The van der Waals surface area contributed by atoms with Gasteiger partial charge in [0.25, 0.3) is 0 Å². The van der Waals surface area contributed by atoms with Crippen LogP contribution in [0.1, 0.15) is 86.5 Å². The molecule has 0 unspecified atom stereocenters. The molecular formula is C36H58N10O15. The van der Waals surface area contributed by atoms with Crippen molar-refractivity contribution in [1.82, 2.24) is 36.8 Å². The van der Waals surface area contributed by atoms with Gasteiger partial charge in [-0.25, -0.2) is 4.79 Å². The number of nitrogens with zero attached hydrogens (tertiary/aromatic N) is 1. The standard InChI is InChI=1S/C36H58N10O15/c1-7-16(4)27(32(57)42-20(34(59)60)13-23(39)48)44-35(61)36(5,6)45-29(54)19(14-25(51)52)40-28(53)18(12-22(38)47)41-31(56)26(15(2)3)43-30(55)21-9-8-10-46(21)33(58)17(37)11-24(49)50/h15-21,26-27H,7-14,37H2,1-6H3,(H2,38,47)(H2,39,48)(H,40,53)(H,41,56)(H,42,57)(H,43,55)(H,44,61)(H,45,54)(H,49,50)(H,51,52)(H,59,60)/t16-,17-,18-,19-,20-,21-,26-,27-/m0/s1.